The average molecular weight is 214 g/mol. The molecule has 0 radical (unpaired) electrons. The van der Waals surface area contributed by atoms with Crippen LogP contribution >= 0.6 is 7.92 Å². The molecule has 0 aliphatic heterocycles. The fourth-order valence-electron chi connectivity index (χ4n) is 2.61. The Hall–Kier alpha value is 0.430. The average Bonchev–Trinajstić information content (AvgIpc) is 2.71. The van der Waals surface area contributed by atoms with E-state index in [4.69, 9.17) is 0 Å². The molecular weight excluding hydrogens is 187 g/mol. The van der Waals surface area contributed by atoms with Gasteiger partial charge in [0.25, 0.3) is 0 Å². The van der Waals surface area contributed by atoms with Crippen molar-refractivity contribution < 1.29 is 0 Å². The minimum Gasteiger partial charge on any atom is -0.104 e. The van der Waals surface area contributed by atoms with Gasteiger partial charge in [-0.15, -0.1) is 7.92 Å². The highest BCUT2D eigenvalue weighted by Gasteiger charge is 2.22. The first kappa shape index (κ1) is 12.5. The lowest BCUT2D eigenvalue weighted by molar-refractivity contribution is 0.702. The summed E-state index contributed by atoms with van der Waals surface area (Å²) in [7, 11) is 0.424. The van der Waals surface area contributed by atoms with Crippen LogP contribution in [0.15, 0.2) is 0 Å². The summed E-state index contributed by atoms with van der Waals surface area (Å²) in [4.78, 5) is 0. The second kappa shape index (κ2) is 7.69. The Balaban J connectivity index is 2.11. The van der Waals surface area contributed by atoms with Crippen LogP contribution in [0.3, 0.4) is 0 Å². The van der Waals surface area contributed by atoms with E-state index in [0.29, 0.717) is 7.92 Å². The van der Waals surface area contributed by atoms with E-state index in [9.17, 15) is 0 Å². The molecular formula is C13H27P. The van der Waals surface area contributed by atoms with E-state index in [1.807, 2.05) is 0 Å². The molecule has 0 N–H and O–H groups in total. The molecule has 1 heteroatoms. The largest absolute Gasteiger partial charge is 0.104 e. The van der Waals surface area contributed by atoms with E-state index in [1.54, 1.807) is 19.0 Å². The third-order valence-electron chi connectivity index (χ3n) is 3.55. The standard InChI is InChI=1S/C13H27P/c1-3-5-6-9-12-14(4-2)13-10-7-8-11-13/h13H,3-12H2,1-2H3. The minimum atomic E-state index is 0.424. The Morgan fingerprint density at radius 2 is 1.71 bits per heavy atom. The van der Waals surface area contributed by atoms with Gasteiger partial charge in [0.15, 0.2) is 0 Å². The minimum absolute atomic E-state index is 0.424. The molecule has 0 aromatic rings. The van der Waals surface area contributed by atoms with Crippen LogP contribution in [-0.2, 0) is 0 Å². The quantitative estimate of drug-likeness (QED) is 0.413. The number of rotatable bonds is 7. The highest BCUT2D eigenvalue weighted by atomic mass is 31.1. The molecule has 0 amide bonds. The predicted octanol–water partition coefficient (Wildman–Crippen LogP) is 5.01. The molecule has 1 unspecified atom stereocenters. The summed E-state index contributed by atoms with van der Waals surface area (Å²) in [6, 6.07) is 0. The lowest BCUT2D eigenvalue weighted by atomic mass is 10.2. The number of hydrogen-bond acceptors (Lipinski definition) is 0. The number of unbranched alkanes of at least 4 members (excludes halogenated alkanes) is 3. The van der Waals surface area contributed by atoms with Crippen molar-refractivity contribution in [2.45, 2.75) is 70.9 Å². The lowest BCUT2D eigenvalue weighted by Crippen LogP contribution is -2.03. The maximum absolute atomic E-state index is 2.42. The van der Waals surface area contributed by atoms with Crippen molar-refractivity contribution in [3.63, 3.8) is 0 Å². The highest BCUT2D eigenvalue weighted by molar-refractivity contribution is 7.58. The molecule has 0 heterocycles. The third-order valence-corrected chi connectivity index (χ3v) is 6.80. The first-order chi connectivity index (χ1) is 6.88. The molecule has 1 atom stereocenters. The van der Waals surface area contributed by atoms with Crippen molar-refractivity contribution in [3.05, 3.63) is 0 Å². The zero-order chi connectivity index (χ0) is 10.2. The Kier molecular flexibility index (Phi) is 6.86. The lowest BCUT2D eigenvalue weighted by Gasteiger charge is -2.22. The second-order valence-corrected chi connectivity index (χ2v) is 7.62. The normalized spacial score (nSPS) is 20.1. The van der Waals surface area contributed by atoms with Crippen LogP contribution in [0, 0.1) is 0 Å². The van der Waals surface area contributed by atoms with Crippen LogP contribution in [0.5, 0.6) is 0 Å². The SMILES string of the molecule is CCCCCCP(CC)C1CCCC1. The molecule has 0 aromatic heterocycles. The van der Waals surface area contributed by atoms with Crippen molar-refractivity contribution in [2.75, 3.05) is 12.3 Å². The van der Waals surface area contributed by atoms with Gasteiger partial charge in [0.1, 0.15) is 0 Å². The summed E-state index contributed by atoms with van der Waals surface area (Å²) < 4.78 is 0. The summed E-state index contributed by atoms with van der Waals surface area (Å²) in [5.74, 6) is 0. The van der Waals surface area contributed by atoms with Crippen molar-refractivity contribution in [3.8, 4) is 0 Å². The van der Waals surface area contributed by atoms with Gasteiger partial charge in [-0.25, -0.2) is 0 Å². The van der Waals surface area contributed by atoms with Gasteiger partial charge in [0.2, 0.25) is 0 Å². The van der Waals surface area contributed by atoms with Gasteiger partial charge in [-0.2, -0.15) is 0 Å². The van der Waals surface area contributed by atoms with Gasteiger partial charge in [0, 0.05) is 0 Å². The fraction of sp³-hybridized carbons (Fsp3) is 1.00. The number of hydrogen-bond donors (Lipinski definition) is 0. The monoisotopic (exact) mass is 214 g/mol. The summed E-state index contributed by atoms with van der Waals surface area (Å²) in [5.41, 5.74) is 1.16. The predicted molar refractivity (Wildman–Crippen MR) is 68.7 cm³/mol. The third kappa shape index (κ3) is 4.30. The molecule has 0 nitrogen and oxygen atoms in total. The Bertz CT molecular complexity index is 127. The van der Waals surface area contributed by atoms with Gasteiger partial charge in [-0.05, 0) is 37.2 Å². The maximum Gasteiger partial charge on any atom is -0.0209 e. The van der Waals surface area contributed by atoms with Crippen LogP contribution < -0.4 is 0 Å². The van der Waals surface area contributed by atoms with E-state index >= 15 is 0 Å². The summed E-state index contributed by atoms with van der Waals surface area (Å²) in [5, 5.41) is 0. The van der Waals surface area contributed by atoms with Crippen LogP contribution in [0.1, 0.15) is 65.2 Å². The van der Waals surface area contributed by atoms with Crippen LogP contribution in [0.4, 0.5) is 0 Å². The Morgan fingerprint density at radius 1 is 1.00 bits per heavy atom. The van der Waals surface area contributed by atoms with Crippen LogP contribution in [0.25, 0.3) is 0 Å². The topological polar surface area (TPSA) is 0 Å². The van der Waals surface area contributed by atoms with E-state index in [2.05, 4.69) is 13.8 Å². The van der Waals surface area contributed by atoms with Crippen molar-refractivity contribution in [1.29, 1.82) is 0 Å². The Morgan fingerprint density at radius 3 is 2.29 bits per heavy atom. The summed E-state index contributed by atoms with van der Waals surface area (Å²) in [6.07, 6.45) is 15.1. The fourth-order valence-corrected chi connectivity index (χ4v) is 5.53. The summed E-state index contributed by atoms with van der Waals surface area (Å²) >= 11 is 0. The van der Waals surface area contributed by atoms with Gasteiger partial charge in [0.05, 0.1) is 0 Å². The van der Waals surface area contributed by atoms with E-state index < -0.39 is 0 Å². The van der Waals surface area contributed by atoms with Crippen LogP contribution in [0.2, 0.25) is 0 Å². The highest BCUT2D eigenvalue weighted by Crippen LogP contribution is 2.49. The van der Waals surface area contributed by atoms with Gasteiger partial charge >= 0.3 is 0 Å². The molecule has 0 spiro atoms. The van der Waals surface area contributed by atoms with E-state index in [0.717, 1.165) is 5.66 Å². The zero-order valence-corrected chi connectivity index (χ0v) is 11.0. The Labute approximate surface area is 91.6 Å². The molecule has 1 rings (SSSR count). The molecule has 1 aliphatic carbocycles. The first-order valence-electron chi connectivity index (χ1n) is 6.62. The van der Waals surface area contributed by atoms with E-state index in [-0.39, 0.29) is 0 Å². The molecule has 1 aliphatic rings. The first-order valence-corrected chi connectivity index (χ1v) is 8.40. The summed E-state index contributed by atoms with van der Waals surface area (Å²) in [6.45, 7) is 4.73. The molecule has 0 bridgehead atoms. The molecule has 1 fully saturated rings. The van der Waals surface area contributed by atoms with Crippen molar-refractivity contribution in [1.82, 2.24) is 0 Å². The zero-order valence-electron chi connectivity index (χ0n) is 10.1. The second-order valence-electron chi connectivity index (χ2n) is 4.63. The van der Waals surface area contributed by atoms with Gasteiger partial charge in [-0.3, -0.25) is 0 Å². The van der Waals surface area contributed by atoms with Crippen molar-refractivity contribution >= 4 is 7.92 Å². The van der Waals surface area contributed by atoms with Gasteiger partial charge < -0.3 is 0 Å². The molecule has 14 heavy (non-hydrogen) atoms. The van der Waals surface area contributed by atoms with E-state index in [1.165, 1.54) is 44.7 Å². The maximum atomic E-state index is 2.42. The van der Waals surface area contributed by atoms with Gasteiger partial charge in [-0.1, -0.05) is 46.0 Å². The molecule has 84 valence electrons. The van der Waals surface area contributed by atoms with Crippen LogP contribution in [-0.4, -0.2) is 18.0 Å². The smallest absolute Gasteiger partial charge is 0.0209 e. The molecule has 1 saturated carbocycles. The van der Waals surface area contributed by atoms with Crippen molar-refractivity contribution in [2.24, 2.45) is 0 Å². The molecule has 0 saturated heterocycles. The molecule has 0 aromatic carbocycles.